The summed E-state index contributed by atoms with van der Waals surface area (Å²) < 4.78 is 0. The van der Waals surface area contributed by atoms with Crippen molar-refractivity contribution in [2.45, 2.75) is 26.7 Å². The predicted octanol–water partition coefficient (Wildman–Crippen LogP) is -0.421. The third kappa shape index (κ3) is 3.15. The number of hydrazone groups is 1. The molecule has 0 aromatic carbocycles. The third-order valence-corrected chi connectivity index (χ3v) is 3.52. The summed E-state index contributed by atoms with van der Waals surface area (Å²) in [6.07, 6.45) is 0.687. The molecule has 2 rings (SSSR count). The van der Waals surface area contributed by atoms with Crippen LogP contribution in [0.4, 0.5) is 0 Å². The third-order valence-electron chi connectivity index (χ3n) is 3.52. The molecule has 0 spiro atoms. The lowest BCUT2D eigenvalue weighted by molar-refractivity contribution is -0.139. The van der Waals surface area contributed by atoms with E-state index >= 15 is 0 Å². The molecule has 2 aliphatic heterocycles. The number of hydrogen-bond acceptors (Lipinski definition) is 4. The van der Waals surface area contributed by atoms with Crippen molar-refractivity contribution < 1.29 is 14.4 Å². The van der Waals surface area contributed by atoms with Gasteiger partial charge in [0.05, 0.1) is 0 Å². The van der Waals surface area contributed by atoms with Crippen molar-refractivity contribution in [3.8, 4) is 0 Å². The molecule has 0 saturated carbocycles. The van der Waals surface area contributed by atoms with E-state index in [0.717, 1.165) is 0 Å². The fraction of sp³-hybridized carbons (Fsp3) is 0.692. The van der Waals surface area contributed by atoms with Crippen molar-refractivity contribution in [2.75, 3.05) is 26.2 Å². The molecule has 1 saturated heterocycles. The van der Waals surface area contributed by atoms with Crippen LogP contribution in [0.2, 0.25) is 0 Å². The summed E-state index contributed by atoms with van der Waals surface area (Å²) in [7, 11) is 0. The zero-order valence-electron chi connectivity index (χ0n) is 11.9. The number of nitrogens with zero attached hydrogens (tertiary/aromatic N) is 3. The summed E-state index contributed by atoms with van der Waals surface area (Å²) in [6, 6.07) is 0. The molecule has 7 heteroatoms. The molecule has 2 aliphatic rings. The number of carbonyl (C=O) groups excluding carboxylic acids is 3. The van der Waals surface area contributed by atoms with Crippen molar-refractivity contribution in [1.29, 1.82) is 0 Å². The zero-order valence-corrected chi connectivity index (χ0v) is 11.9. The van der Waals surface area contributed by atoms with E-state index in [2.05, 4.69) is 10.5 Å². The SMILES string of the molecule is CC(C)C(=O)N1CCN(C(=O)C2=NNC(=O)CC2)CC1. The Labute approximate surface area is 118 Å². The second kappa shape index (κ2) is 6.02. The normalized spacial score (nSPS) is 19.8. The Hall–Kier alpha value is -1.92. The van der Waals surface area contributed by atoms with Crippen molar-refractivity contribution in [2.24, 2.45) is 11.0 Å². The van der Waals surface area contributed by atoms with Crippen LogP contribution in [-0.4, -0.2) is 59.4 Å². The minimum atomic E-state index is -0.158. The molecule has 0 aromatic rings. The Kier molecular flexibility index (Phi) is 4.36. The first-order valence-electron chi connectivity index (χ1n) is 6.92. The molecule has 1 N–H and O–H groups in total. The monoisotopic (exact) mass is 280 g/mol. The lowest BCUT2D eigenvalue weighted by Gasteiger charge is -2.35. The second-order valence-electron chi connectivity index (χ2n) is 5.37. The van der Waals surface area contributed by atoms with E-state index in [9.17, 15) is 14.4 Å². The minimum Gasteiger partial charge on any atom is -0.339 e. The van der Waals surface area contributed by atoms with E-state index in [4.69, 9.17) is 0 Å². The molecule has 3 amide bonds. The standard InChI is InChI=1S/C13H20N4O3/c1-9(2)12(19)16-5-7-17(8-6-16)13(20)10-3-4-11(18)15-14-10/h9H,3-8H2,1-2H3,(H,15,18). The summed E-state index contributed by atoms with van der Waals surface area (Å²) in [6.45, 7) is 5.90. The lowest BCUT2D eigenvalue weighted by atomic mass is 10.1. The first kappa shape index (κ1) is 14.5. The van der Waals surface area contributed by atoms with E-state index in [1.165, 1.54) is 0 Å². The average Bonchev–Trinajstić information content (AvgIpc) is 2.46. The van der Waals surface area contributed by atoms with Gasteiger partial charge in [0.15, 0.2) is 0 Å². The van der Waals surface area contributed by atoms with Crippen LogP contribution in [0, 0.1) is 5.92 Å². The number of piperazine rings is 1. The van der Waals surface area contributed by atoms with Gasteiger partial charge >= 0.3 is 0 Å². The van der Waals surface area contributed by atoms with Gasteiger partial charge in [-0.05, 0) is 0 Å². The molecule has 0 atom stereocenters. The van der Waals surface area contributed by atoms with Gasteiger partial charge in [-0.3, -0.25) is 14.4 Å². The van der Waals surface area contributed by atoms with Gasteiger partial charge in [-0.25, -0.2) is 5.43 Å². The topological polar surface area (TPSA) is 82.1 Å². The molecule has 110 valence electrons. The lowest BCUT2D eigenvalue weighted by Crippen LogP contribution is -2.53. The largest absolute Gasteiger partial charge is 0.339 e. The van der Waals surface area contributed by atoms with Gasteiger partial charge in [-0.15, -0.1) is 0 Å². The van der Waals surface area contributed by atoms with E-state index in [1.54, 1.807) is 9.80 Å². The number of carbonyl (C=O) groups is 3. The summed E-state index contributed by atoms with van der Waals surface area (Å²) in [4.78, 5) is 38.6. The molecule has 0 radical (unpaired) electrons. The first-order valence-corrected chi connectivity index (χ1v) is 6.92. The highest BCUT2D eigenvalue weighted by atomic mass is 16.2. The number of nitrogens with one attached hydrogen (secondary N) is 1. The Bertz CT molecular complexity index is 451. The highest BCUT2D eigenvalue weighted by Gasteiger charge is 2.28. The van der Waals surface area contributed by atoms with Crippen LogP contribution in [0.5, 0.6) is 0 Å². The Morgan fingerprint density at radius 1 is 1.10 bits per heavy atom. The molecular formula is C13H20N4O3. The van der Waals surface area contributed by atoms with E-state index in [0.29, 0.717) is 44.7 Å². The average molecular weight is 280 g/mol. The van der Waals surface area contributed by atoms with Gasteiger partial charge in [-0.1, -0.05) is 13.8 Å². The fourth-order valence-corrected chi connectivity index (χ4v) is 2.31. The van der Waals surface area contributed by atoms with Gasteiger partial charge < -0.3 is 9.80 Å². The summed E-state index contributed by atoms with van der Waals surface area (Å²) in [5.74, 6) is -0.190. The van der Waals surface area contributed by atoms with Gasteiger partial charge in [0.25, 0.3) is 5.91 Å². The molecule has 2 heterocycles. The molecule has 0 aromatic heterocycles. The van der Waals surface area contributed by atoms with Crippen LogP contribution in [0.3, 0.4) is 0 Å². The summed E-state index contributed by atoms with van der Waals surface area (Å²) in [5, 5.41) is 3.81. The summed E-state index contributed by atoms with van der Waals surface area (Å²) >= 11 is 0. The number of amides is 3. The minimum absolute atomic E-state index is 0.0183. The van der Waals surface area contributed by atoms with Crippen LogP contribution >= 0.6 is 0 Å². The van der Waals surface area contributed by atoms with E-state index in [1.807, 2.05) is 13.8 Å². The van der Waals surface area contributed by atoms with Gasteiger partial charge in [0, 0.05) is 44.9 Å². The molecule has 0 bridgehead atoms. The Morgan fingerprint density at radius 2 is 1.70 bits per heavy atom. The van der Waals surface area contributed by atoms with Crippen LogP contribution in [0.15, 0.2) is 5.10 Å². The highest BCUT2D eigenvalue weighted by molar-refractivity contribution is 6.39. The first-order chi connectivity index (χ1) is 9.49. The molecule has 20 heavy (non-hydrogen) atoms. The van der Waals surface area contributed by atoms with Crippen LogP contribution in [0.25, 0.3) is 0 Å². The second-order valence-corrected chi connectivity index (χ2v) is 5.37. The van der Waals surface area contributed by atoms with Crippen LogP contribution in [0.1, 0.15) is 26.7 Å². The van der Waals surface area contributed by atoms with Crippen molar-refractivity contribution in [3.63, 3.8) is 0 Å². The van der Waals surface area contributed by atoms with Crippen molar-refractivity contribution >= 4 is 23.4 Å². The maximum Gasteiger partial charge on any atom is 0.270 e. The molecule has 7 nitrogen and oxygen atoms in total. The smallest absolute Gasteiger partial charge is 0.270 e. The zero-order chi connectivity index (χ0) is 14.7. The fourth-order valence-electron chi connectivity index (χ4n) is 2.31. The molecule has 0 unspecified atom stereocenters. The van der Waals surface area contributed by atoms with E-state index in [-0.39, 0.29) is 23.6 Å². The van der Waals surface area contributed by atoms with Crippen molar-refractivity contribution in [3.05, 3.63) is 0 Å². The quantitative estimate of drug-likeness (QED) is 0.746. The summed E-state index contributed by atoms with van der Waals surface area (Å²) in [5.41, 5.74) is 2.73. The molecule has 0 aliphatic carbocycles. The maximum absolute atomic E-state index is 12.2. The van der Waals surface area contributed by atoms with Gasteiger partial charge in [0.1, 0.15) is 5.71 Å². The number of rotatable bonds is 2. The number of hydrogen-bond donors (Lipinski definition) is 1. The van der Waals surface area contributed by atoms with Gasteiger partial charge in [-0.2, -0.15) is 5.10 Å². The maximum atomic E-state index is 12.2. The van der Waals surface area contributed by atoms with E-state index < -0.39 is 0 Å². The predicted molar refractivity (Wildman–Crippen MR) is 72.8 cm³/mol. The highest BCUT2D eigenvalue weighted by Crippen LogP contribution is 2.10. The molecular weight excluding hydrogens is 260 g/mol. The molecule has 1 fully saturated rings. The van der Waals surface area contributed by atoms with Crippen molar-refractivity contribution in [1.82, 2.24) is 15.2 Å². The Balaban J connectivity index is 1.89. The van der Waals surface area contributed by atoms with Gasteiger partial charge in [0.2, 0.25) is 11.8 Å². The Morgan fingerprint density at radius 3 is 2.20 bits per heavy atom. The van der Waals surface area contributed by atoms with Crippen LogP contribution < -0.4 is 5.43 Å². The van der Waals surface area contributed by atoms with Crippen LogP contribution in [-0.2, 0) is 14.4 Å².